The van der Waals surface area contributed by atoms with Gasteiger partial charge in [0, 0.05) is 12.5 Å². The third-order valence-electron chi connectivity index (χ3n) is 12.5. The number of alkyl halides is 1. The molecular weight excluding hydrogens is 583 g/mol. The average Bonchev–Trinajstić information content (AvgIpc) is 3.39. The molecule has 5 rings (SSSR count). The lowest BCUT2D eigenvalue weighted by molar-refractivity contribution is -0.205. The maximum absolute atomic E-state index is 15.7. The van der Waals surface area contributed by atoms with E-state index < -0.39 is 34.4 Å². The summed E-state index contributed by atoms with van der Waals surface area (Å²) in [5, 5.41) is 25.2. The lowest BCUT2D eigenvalue weighted by atomic mass is 9.44. The molecule has 1 aromatic carbocycles. The highest BCUT2D eigenvalue weighted by molar-refractivity contribution is 7.90. The molecule has 4 saturated carbocycles. The summed E-state index contributed by atoms with van der Waals surface area (Å²) in [6, 6.07) is 5.12. The van der Waals surface area contributed by atoms with E-state index in [0.717, 1.165) is 57.8 Å². The third kappa shape index (κ3) is 6.24. The molecule has 8 nitrogen and oxygen atoms in total. The van der Waals surface area contributed by atoms with Crippen LogP contribution < -0.4 is 14.8 Å². The van der Waals surface area contributed by atoms with Gasteiger partial charge in [-0.05, 0) is 116 Å². The summed E-state index contributed by atoms with van der Waals surface area (Å²) in [5.74, 6) is 2.16. The zero-order chi connectivity index (χ0) is 31.8. The van der Waals surface area contributed by atoms with Crippen LogP contribution >= 0.6 is 0 Å². The fourth-order valence-electron chi connectivity index (χ4n) is 10.4. The van der Waals surface area contributed by atoms with E-state index in [0.29, 0.717) is 42.4 Å². The average molecular weight is 637 g/mol. The SMILES string of the molecule is CC[C@@H]1[C@@H]2[C@@H](F)[C@H](O)CC[C@]2(C)C2CCCC[C@@H]3C(CCC3[C@H](C)CCNC(=O)NS(=O)(=O)c3ccc(OC)cc3)C2[C@@H]1O. The first-order valence-corrected chi connectivity index (χ1v) is 18.4. The van der Waals surface area contributed by atoms with Gasteiger partial charge in [0.15, 0.2) is 0 Å². The molecule has 0 spiro atoms. The molecule has 44 heavy (non-hydrogen) atoms. The number of aliphatic hydroxyl groups is 2. The lowest BCUT2D eigenvalue weighted by Crippen LogP contribution is -2.63. The Morgan fingerprint density at radius 2 is 1.80 bits per heavy atom. The second kappa shape index (κ2) is 13.4. The number of benzene rings is 1. The van der Waals surface area contributed by atoms with Crippen molar-refractivity contribution in [1.29, 1.82) is 0 Å². The molecule has 10 heteroatoms. The zero-order valence-corrected chi connectivity index (χ0v) is 27.6. The number of hydrogen-bond donors (Lipinski definition) is 4. The number of ether oxygens (including phenoxy) is 1. The van der Waals surface area contributed by atoms with Crippen molar-refractivity contribution in [3.63, 3.8) is 0 Å². The molecule has 0 saturated heterocycles. The number of nitrogens with one attached hydrogen (secondary N) is 2. The first kappa shape index (κ1) is 33.5. The van der Waals surface area contributed by atoms with Crippen LogP contribution in [0.15, 0.2) is 29.2 Å². The van der Waals surface area contributed by atoms with Gasteiger partial charge in [0.1, 0.15) is 11.9 Å². The zero-order valence-electron chi connectivity index (χ0n) is 26.8. The van der Waals surface area contributed by atoms with Crippen LogP contribution in [0.1, 0.15) is 85.0 Å². The summed E-state index contributed by atoms with van der Waals surface area (Å²) in [6.45, 7) is 6.93. The van der Waals surface area contributed by atoms with Crippen molar-refractivity contribution < 1.29 is 32.6 Å². The van der Waals surface area contributed by atoms with Gasteiger partial charge in [0.05, 0.1) is 24.2 Å². The Balaban J connectivity index is 1.23. The van der Waals surface area contributed by atoms with Crippen molar-refractivity contribution >= 4 is 16.1 Å². The smallest absolute Gasteiger partial charge is 0.328 e. The van der Waals surface area contributed by atoms with Crippen LogP contribution in [0.4, 0.5) is 9.18 Å². The Labute approximate surface area is 263 Å². The van der Waals surface area contributed by atoms with Crippen LogP contribution in [0.3, 0.4) is 0 Å². The second-order valence-corrected chi connectivity index (χ2v) is 16.2. The van der Waals surface area contributed by atoms with Crippen LogP contribution in [0.5, 0.6) is 5.75 Å². The van der Waals surface area contributed by atoms with Crippen LogP contribution in [-0.4, -0.2) is 56.7 Å². The molecule has 4 aliphatic rings. The van der Waals surface area contributed by atoms with E-state index in [2.05, 4.69) is 30.8 Å². The highest BCUT2D eigenvalue weighted by Crippen LogP contribution is 2.64. The summed E-state index contributed by atoms with van der Waals surface area (Å²) >= 11 is 0. The molecular formula is C34H53FN2O6S. The van der Waals surface area contributed by atoms with Crippen molar-refractivity contribution in [3.8, 4) is 5.75 Å². The summed E-state index contributed by atoms with van der Waals surface area (Å²) in [4.78, 5) is 12.5. The van der Waals surface area contributed by atoms with Crippen LogP contribution in [0, 0.1) is 52.8 Å². The predicted molar refractivity (Wildman–Crippen MR) is 167 cm³/mol. The normalized spacial score (nSPS) is 39.5. The molecule has 248 valence electrons. The van der Waals surface area contributed by atoms with Gasteiger partial charge in [-0.1, -0.05) is 40.0 Å². The number of methoxy groups -OCH3 is 1. The van der Waals surface area contributed by atoms with Crippen molar-refractivity contribution in [2.75, 3.05) is 13.7 Å². The van der Waals surface area contributed by atoms with Gasteiger partial charge < -0.3 is 20.3 Å². The largest absolute Gasteiger partial charge is 0.497 e. The van der Waals surface area contributed by atoms with Gasteiger partial charge in [0.25, 0.3) is 10.0 Å². The number of hydrogen-bond acceptors (Lipinski definition) is 6. The topological polar surface area (TPSA) is 125 Å². The number of aliphatic hydroxyl groups excluding tert-OH is 2. The summed E-state index contributed by atoms with van der Waals surface area (Å²) in [7, 11) is -2.50. The van der Waals surface area contributed by atoms with Crippen LogP contribution in [0.2, 0.25) is 0 Å². The third-order valence-corrected chi connectivity index (χ3v) is 13.8. The van der Waals surface area contributed by atoms with E-state index in [9.17, 15) is 23.4 Å². The quantitative estimate of drug-likeness (QED) is 0.291. The number of carbonyl (C=O) groups is 1. The molecule has 12 atom stereocenters. The van der Waals surface area contributed by atoms with Gasteiger partial charge >= 0.3 is 6.03 Å². The maximum atomic E-state index is 15.7. The monoisotopic (exact) mass is 636 g/mol. The van der Waals surface area contributed by atoms with Crippen molar-refractivity contribution in [2.45, 2.75) is 108 Å². The standard InChI is InChI=1S/C34H53FN2O6S/c1-5-23-30-31(35)28(38)16-18-34(30,3)27-9-7-6-8-25-24(14-15-26(25)29(27)32(23)39)20(2)17-19-36-33(40)37-44(41,42)22-12-10-21(43-4)11-13-22/h10-13,20,23-32,38-39H,5-9,14-19H2,1-4H3,(H2,36,37,40)/t20-,23-,24?,25+,26?,27?,28-,29?,30-,31+,32-,34-/m1/s1. The molecule has 4 N–H and O–H groups in total. The molecule has 4 aliphatic carbocycles. The minimum atomic E-state index is -4.00. The predicted octanol–water partition coefficient (Wildman–Crippen LogP) is 5.67. The Kier molecular flexibility index (Phi) is 10.2. The number of carbonyl (C=O) groups excluding carboxylic acids is 1. The van der Waals surface area contributed by atoms with Crippen LogP contribution in [-0.2, 0) is 10.0 Å². The molecule has 1 aromatic rings. The second-order valence-electron chi connectivity index (χ2n) is 14.5. The van der Waals surface area contributed by atoms with E-state index >= 15 is 4.39 Å². The van der Waals surface area contributed by atoms with E-state index in [4.69, 9.17) is 4.74 Å². The number of amides is 2. The van der Waals surface area contributed by atoms with Gasteiger partial charge in [-0.15, -0.1) is 0 Å². The molecule has 4 fully saturated rings. The Morgan fingerprint density at radius 1 is 1.09 bits per heavy atom. The molecule has 0 aliphatic heterocycles. The van der Waals surface area contributed by atoms with E-state index in [1.807, 2.05) is 0 Å². The Hall–Kier alpha value is -1.91. The summed E-state index contributed by atoms with van der Waals surface area (Å²) < 4.78 is 48.1. The molecule has 0 radical (unpaired) electrons. The highest BCUT2D eigenvalue weighted by atomic mass is 32.2. The molecule has 0 heterocycles. The number of sulfonamides is 1. The highest BCUT2D eigenvalue weighted by Gasteiger charge is 2.63. The maximum Gasteiger partial charge on any atom is 0.328 e. The molecule has 0 bridgehead atoms. The first-order chi connectivity index (χ1) is 20.9. The summed E-state index contributed by atoms with van der Waals surface area (Å²) in [5.41, 5.74) is -0.210. The van der Waals surface area contributed by atoms with Gasteiger partial charge in [0.2, 0.25) is 0 Å². The summed E-state index contributed by atoms with van der Waals surface area (Å²) in [6.07, 6.45) is 6.53. The van der Waals surface area contributed by atoms with Crippen molar-refractivity contribution in [3.05, 3.63) is 24.3 Å². The van der Waals surface area contributed by atoms with E-state index in [-0.39, 0.29) is 34.0 Å². The Morgan fingerprint density at radius 3 is 2.48 bits per heavy atom. The number of halogens is 1. The van der Waals surface area contributed by atoms with Crippen molar-refractivity contribution in [1.82, 2.24) is 10.0 Å². The van der Waals surface area contributed by atoms with Gasteiger partial charge in [-0.3, -0.25) is 0 Å². The van der Waals surface area contributed by atoms with Gasteiger partial charge in [-0.2, -0.15) is 0 Å². The number of fused-ring (bicyclic) bond motifs is 5. The number of rotatable bonds is 8. The lowest BCUT2D eigenvalue weighted by Gasteiger charge is -2.62. The van der Waals surface area contributed by atoms with Gasteiger partial charge in [-0.25, -0.2) is 22.3 Å². The fraction of sp³-hybridized carbons (Fsp3) is 0.794. The minimum absolute atomic E-state index is 0.0109. The molecule has 2 amide bonds. The first-order valence-electron chi connectivity index (χ1n) is 16.9. The van der Waals surface area contributed by atoms with E-state index in [1.165, 1.54) is 31.4 Å². The molecule has 0 aromatic heterocycles. The van der Waals surface area contributed by atoms with E-state index in [1.54, 1.807) is 0 Å². The number of urea groups is 1. The van der Waals surface area contributed by atoms with Crippen LogP contribution in [0.25, 0.3) is 0 Å². The minimum Gasteiger partial charge on any atom is -0.497 e. The molecule has 4 unspecified atom stereocenters. The van der Waals surface area contributed by atoms with Crippen molar-refractivity contribution in [2.24, 2.45) is 52.8 Å². The Bertz CT molecular complexity index is 1250. The fourth-order valence-corrected chi connectivity index (χ4v) is 11.3.